The van der Waals surface area contributed by atoms with Crippen molar-refractivity contribution in [2.24, 2.45) is 0 Å². The number of aromatic nitrogens is 1. The van der Waals surface area contributed by atoms with Gasteiger partial charge < -0.3 is 9.30 Å². The monoisotopic (exact) mass is 445 g/mol. The predicted octanol–water partition coefficient (Wildman–Crippen LogP) is 5.27. The van der Waals surface area contributed by atoms with Crippen molar-refractivity contribution in [3.63, 3.8) is 0 Å². The molecule has 0 spiro atoms. The van der Waals surface area contributed by atoms with Gasteiger partial charge in [0, 0.05) is 5.69 Å². The Hall–Kier alpha value is -3.63. The fraction of sp³-hybridized carbons (Fsp3) is 0.0500. The molecule has 11 heteroatoms. The molecule has 4 aromatic rings. The molecular weight excluding hydrogens is 438 g/mol. The summed E-state index contributed by atoms with van der Waals surface area (Å²) in [6, 6.07) is 4.57. The van der Waals surface area contributed by atoms with E-state index in [0.29, 0.717) is 0 Å². The van der Waals surface area contributed by atoms with Crippen LogP contribution in [0.3, 0.4) is 0 Å². The van der Waals surface area contributed by atoms with Crippen LogP contribution in [0.1, 0.15) is 0 Å². The topological polar surface area (TPSA) is 31.2 Å². The lowest BCUT2D eigenvalue weighted by atomic mass is 10.1. The number of benzene rings is 3. The molecule has 4 rings (SSSR count). The van der Waals surface area contributed by atoms with E-state index in [1.807, 2.05) is 0 Å². The molecule has 0 atom stereocenters. The summed E-state index contributed by atoms with van der Waals surface area (Å²) in [4.78, 5) is 12.6. The third-order valence-corrected chi connectivity index (χ3v) is 4.72. The molecule has 1 aromatic heterocycles. The van der Waals surface area contributed by atoms with Crippen molar-refractivity contribution in [1.82, 2.24) is 4.57 Å². The molecule has 0 unspecified atom stereocenters. The Balaban J connectivity index is 2.43. The Bertz CT molecular complexity index is 1380. The maximum Gasteiger partial charge on any atom is 0.203 e. The quantitative estimate of drug-likeness (QED) is 0.182. The molecule has 0 N–H and O–H groups in total. The standard InChI is InChI=1S/C20H7F8NO2/c1-31-7-4-2-6(3-5-7)29-18-8(10(21)12(23)14(25)16(18)27)20(30)9-11(22)13(24)15(26)17(28)19(9)29/h2-5H,1H3. The number of methoxy groups -OCH3 is 1. The van der Waals surface area contributed by atoms with Crippen LogP contribution in [0.2, 0.25) is 0 Å². The summed E-state index contributed by atoms with van der Waals surface area (Å²) in [7, 11) is 1.28. The summed E-state index contributed by atoms with van der Waals surface area (Å²) in [5.41, 5.74) is -4.95. The molecule has 0 amide bonds. The van der Waals surface area contributed by atoms with Gasteiger partial charge in [0.2, 0.25) is 5.43 Å². The van der Waals surface area contributed by atoms with E-state index in [9.17, 15) is 39.9 Å². The first-order valence-electron chi connectivity index (χ1n) is 8.32. The second-order valence-electron chi connectivity index (χ2n) is 6.32. The number of pyridine rings is 1. The summed E-state index contributed by atoms with van der Waals surface area (Å²) in [6.45, 7) is 0. The molecule has 0 aliphatic carbocycles. The van der Waals surface area contributed by atoms with Gasteiger partial charge in [-0.05, 0) is 24.3 Å². The van der Waals surface area contributed by atoms with E-state index < -0.39 is 73.8 Å². The molecule has 0 bridgehead atoms. The third-order valence-electron chi connectivity index (χ3n) is 4.72. The van der Waals surface area contributed by atoms with Gasteiger partial charge in [-0.3, -0.25) is 4.79 Å². The Morgan fingerprint density at radius 3 is 1.39 bits per heavy atom. The smallest absolute Gasteiger partial charge is 0.203 e. The minimum Gasteiger partial charge on any atom is -0.497 e. The number of nitrogens with zero attached hydrogens (tertiary/aromatic N) is 1. The van der Waals surface area contributed by atoms with Gasteiger partial charge in [-0.2, -0.15) is 0 Å². The molecule has 1 heterocycles. The lowest BCUT2D eigenvalue weighted by Gasteiger charge is -2.18. The van der Waals surface area contributed by atoms with Gasteiger partial charge in [0.25, 0.3) is 0 Å². The van der Waals surface area contributed by atoms with Gasteiger partial charge in [0.15, 0.2) is 46.5 Å². The lowest BCUT2D eigenvalue weighted by molar-refractivity contribution is 0.412. The van der Waals surface area contributed by atoms with Crippen molar-refractivity contribution in [2.75, 3.05) is 7.11 Å². The third kappa shape index (κ3) is 2.69. The SMILES string of the molecule is COc1ccc(-n2c3c(F)c(F)c(F)c(F)c3c(=O)c3c(F)c(F)c(F)c(F)c32)cc1. The maximum atomic E-state index is 14.7. The van der Waals surface area contributed by atoms with Crippen LogP contribution < -0.4 is 10.2 Å². The number of hydrogen-bond acceptors (Lipinski definition) is 2. The molecule has 0 aliphatic heterocycles. The fourth-order valence-electron chi connectivity index (χ4n) is 3.30. The summed E-state index contributed by atoms with van der Waals surface area (Å²) in [5.74, 6) is -18.0. The zero-order valence-electron chi connectivity index (χ0n) is 15.1. The summed E-state index contributed by atoms with van der Waals surface area (Å²) < 4.78 is 119. The van der Waals surface area contributed by atoms with Crippen molar-refractivity contribution in [3.8, 4) is 11.4 Å². The average Bonchev–Trinajstić information content (AvgIpc) is 2.77. The molecule has 160 valence electrons. The molecule has 0 aliphatic rings. The summed E-state index contributed by atoms with van der Waals surface area (Å²) in [5, 5.41) is -3.05. The van der Waals surface area contributed by atoms with Crippen LogP contribution in [0.15, 0.2) is 29.1 Å². The zero-order chi connectivity index (χ0) is 22.8. The molecule has 0 saturated carbocycles. The minimum atomic E-state index is -2.40. The summed E-state index contributed by atoms with van der Waals surface area (Å²) >= 11 is 0. The Labute approximate surface area is 166 Å². The molecule has 0 fully saturated rings. The normalized spacial score (nSPS) is 11.5. The number of halogens is 8. The van der Waals surface area contributed by atoms with E-state index in [1.54, 1.807) is 0 Å². The van der Waals surface area contributed by atoms with Crippen molar-refractivity contribution < 1.29 is 39.9 Å². The number of fused-ring (bicyclic) bond motifs is 2. The molecule has 3 nitrogen and oxygen atoms in total. The van der Waals surface area contributed by atoms with Crippen LogP contribution in [0.4, 0.5) is 35.1 Å². The Morgan fingerprint density at radius 1 is 0.613 bits per heavy atom. The zero-order valence-corrected chi connectivity index (χ0v) is 15.1. The van der Waals surface area contributed by atoms with Crippen molar-refractivity contribution >= 4 is 21.8 Å². The van der Waals surface area contributed by atoms with Crippen molar-refractivity contribution in [3.05, 3.63) is 81.0 Å². The Kier molecular flexibility index (Phi) is 4.64. The maximum absolute atomic E-state index is 14.7. The highest BCUT2D eigenvalue weighted by atomic mass is 19.2. The van der Waals surface area contributed by atoms with Gasteiger partial charge in [-0.1, -0.05) is 0 Å². The predicted molar refractivity (Wildman–Crippen MR) is 93.3 cm³/mol. The molecule has 0 saturated heterocycles. The van der Waals surface area contributed by atoms with Crippen LogP contribution in [0.5, 0.6) is 5.75 Å². The van der Waals surface area contributed by atoms with E-state index in [0.717, 1.165) is 12.1 Å². The molecule has 31 heavy (non-hydrogen) atoms. The van der Waals surface area contributed by atoms with Crippen LogP contribution in [0.25, 0.3) is 27.5 Å². The molecular formula is C20H7F8NO2. The van der Waals surface area contributed by atoms with Crippen molar-refractivity contribution in [2.45, 2.75) is 0 Å². The minimum absolute atomic E-state index is 0.214. The van der Waals surface area contributed by atoms with Crippen molar-refractivity contribution in [1.29, 1.82) is 0 Å². The average molecular weight is 445 g/mol. The number of rotatable bonds is 2. The number of hydrogen-bond donors (Lipinski definition) is 0. The highest BCUT2D eigenvalue weighted by molar-refractivity contribution is 5.96. The van der Waals surface area contributed by atoms with Crippen LogP contribution in [-0.2, 0) is 0 Å². The lowest BCUT2D eigenvalue weighted by Crippen LogP contribution is -2.19. The highest BCUT2D eigenvalue weighted by Crippen LogP contribution is 2.34. The highest BCUT2D eigenvalue weighted by Gasteiger charge is 2.32. The van der Waals surface area contributed by atoms with Crippen LogP contribution in [0, 0.1) is 46.5 Å². The first kappa shape index (κ1) is 20.6. The van der Waals surface area contributed by atoms with Gasteiger partial charge in [-0.25, -0.2) is 35.1 Å². The van der Waals surface area contributed by atoms with E-state index in [-0.39, 0.29) is 16.0 Å². The van der Waals surface area contributed by atoms with E-state index in [2.05, 4.69) is 0 Å². The van der Waals surface area contributed by atoms with E-state index in [1.165, 1.54) is 19.2 Å². The first-order valence-corrected chi connectivity index (χ1v) is 8.32. The summed E-state index contributed by atoms with van der Waals surface area (Å²) in [6.07, 6.45) is 0. The van der Waals surface area contributed by atoms with Gasteiger partial charge in [0.05, 0.1) is 28.9 Å². The van der Waals surface area contributed by atoms with Gasteiger partial charge >= 0.3 is 0 Å². The first-order chi connectivity index (χ1) is 14.6. The number of ether oxygens (including phenoxy) is 1. The fourth-order valence-corrected chi connectivity index (χ4v) is 3.30. The van der Waals surface area contributed by atoms with Gasteiger partial charge in [0.1, 0.15) is 5.75 Å². The Morgan fingerprint density at radius 2 is 1.00 bits per heavy atom. The molecule has 0 radical (unpaired) electrons. The van der Waals surface area contributed by atoms with Crippen LogP contribution >= 0.6 is 0 Å². The second-order valence-corrected chi connectivity index (χ2v) is 6.32. The largest absolute Gasteiger partial charge is 0.497 e. The van der Waals surface area contributed by atoms with E-state index >= 15 is 0 Å². The second kappa shape index (κ2) is 6.96. The molecule has 3 aromatic carbocycles. The van der Waals surface area contributed by atoms with E-state index in [4.69, 9.17) is 4.74 Å². The van der Waals surface area contributed by atoms with Crippen LogP contribution in [-0.4, -0.2) is 11.7 Å². The van der Waals surface area contributed by atoms with Gasteiger partial charge in [-0.15, -0.1) is 0 Å².